The summed E-state index contributed by atoms with van der Waals surface area (Å²) in [7, 11) is 3.43. The monoisotopic (exact) mass is 393 g/mol. The Morgan fingerprint density at radius 2 is 1.90 bits per heavy atom. The Morgan fingerprint density at radius 3 is 2.62 bits per heavy atom. The van der Waals surface area contributed by atoms with Gasteiger partial charge in [-0.1, -0.05) is 42.5 Å². The Balaban J connectivity index is 1.52. The van der Waals surface area contributed by atoms with E-state index in [2.05, 4.69) is 63.1 Å². The first-order chi connectivity index (χ1) is 14.1. The molecule has 0 spiro atoms. The lowest BCUT2D eigenvalue weighted by Crippen LogP contribution is -2.44. The van der Waals surface area contributed by atoms with Crippen LogP contribution in [0.15, 0.2) is 59.6 Å². The number of nitrogens with zero attached hydrogens (tertiary/aromatic N) is 2. The van der Waals surface area contributed by atoms with E-state index in [-0.39, 0.29) is 5.91 Å². The van der Waals surface area contributed by atoms with Crippen molar-refractivity contribution in [2.75, 3.05) is 20.6 Å². The Hall–Kier alpha value is -2.86. The minimum Gasteiger partial charge on any atom is -0.355 e. The molecule has 0 aromatic heterocycles. The summed E-state index contributed by atoms with van der Waals surface area (Å²) in [6, 6.07) is 19.1. The number of hydrogen-bond donors (Lipinski definition) is 3. The molecule has 3 N–H and O–H groups in total. The van der Waals surface area contributed by atoms with Gasteiger partial charge in [-0.05, 0) is 36.6 Å². The minimum atomic E-state index is -0.0761. The third-order valence-corrected chi connectivity index (χ3v) is 5.37. The highest BCUT2D eigenvalue weighted by Crippen LogP contribution is 2.20. The first kappa shape index (κ1) is 20.9. The van der Waals surface area contributed by atoms with Gasteiger partial charge in [-0.15, -0.1) is 0 Å². The Morgan fingerprint density at radius 1 is 1.14 bits per heavy atom. The van der Waals surface area contributed by atoms with Crippen molar-refractivity contribution in [3.05, 3.63) is 71.3 Å². The van der Waals surface area contributed by atoms with E-state index in [0.29, 0.717) is 24.2 Å². The van der Waals surface area contributed by atoms with Crippen molar-refractivity contribution in [2.24, 2.45) is 4.99 Å². The lowest BCUT2D eigenvalue weighted by Gasteiger charge is -2.21. The van der Waals surface area contributed by atoms with E-state index in [4.69, 9.17) is 0 Å². The minimum absolute atomic E-state index is 0.0761. The van der Waals surface area contributed by atoms with Crippen molar-refractivity contribution in [3.63, 3.8) is 0 Å². The number of carbonyl (C=O) groups excluding carboxylic acids is 1. The van der Waals surface area contributed by atoms with Crippen molar-refractivity contribution in [2.45, 2.75) is 38.5 Å². The molecule has 2 aromatic carbocycles. The molecule has 1 saturated heterocycles. The summed E-state index contributed by atoms with van der Waals surface area (Å²) in [6.07, 6.45) is 1.08. The number of aliphatic imine (C=N–C) groups is 1. The number of hydrogen-bond acceptors (Lipinski definition) is 3. The molecule has 3 rings (SSSR count). The molecule has 1 heterocycles. The van der Waals surface area contributed by atoms with Gasteiger partial charge in [-0.3, -0.25) is 14.7 Å². The molecule has 6 nitrogen and oxygen atoms in total. The maximum atomic E-state index is 11.8. The summed E-state index contributed by atoms with van der Waals surface area (Å²) in [4.78, 5) is 18.7. The highest BCUT2D eigenvalue weighted by molar-refractivity contribution is 5.94. The standard InChI is InChI=1S/C23H31N5O/c1-17-12-21(16-28(17)15-18-8-5-4-6-9-18)27-23(25-3)26-14-19-10-7-11-20(13-19)22(29)24-2/h4-11,13,17,21H,12,14-16H2,1-3H3,(H,24,29)(H2,25,26,27). The largest absolute Gasteiger partial charge is 0.355 e. The zero-order valence-electron chi connectivity index (χ0n) is 17.5. The van der Waals surface area contributed by atoms with Crippen LogP contribution in [0.3, 0.4) is 0 Å². The first-order valence-electron chi connectivity index (χ1n) is 10.1. The quantitative estimate of drug-likeness (QED) is 0.521. The van der Waals surface area contributed by atoms with Crippen LogP contribution >= 0.6 is 0 Å². The van der Waals surface area contributed by atoms with Crippen LogP contribution in [-0.2, 0) is 13.1 Å². The number of likely N-dealkylation sites (tertiary alicyclic amines) is 1. The van der Waals surface area contributed by atoms with Gasteiger partial charge in [0.25, 0.3) is 5.91 Å². The van der Waals surface area contributed by atoms with Crippen LogP contribution in [0.5, 0.6) is 0 Å². The fourth-order valence-electron chi connectivity index (χ4n) is 3.78. The molecule has 29 heavy (non-hydrogen) atoms. The molecule has 1 aliphatic heterocycles. The van der Waals surface area contributed by atoms with Crippen molar-refractivity contribution in [1.29, 1.82) is 0 Å². The SMILES string of the molecule is CN=C(NCc1cccc(C(=O)NC)c1)NC1CC(C)N(Cc2ccccc2)C1. The number of rotatable bonds is 6. The van der Waals surface area contributed by atoms with Crippen LogP contribution in [0.25, 0.3) is 0 Å². The Labute approximate surface area is 173 Å². The summed E-state index contributed by atoms with van der Waals surface area (Å²) in [5.74, 6) is 0.710. The maximum Gasteiger partial charge on any atom is 0.251 e. The van der Waals surface area contributed by atoms with E-state index >= 15 is 0 Å². The van der Waals surface area contributed by atoms with Gasteiger partial charge in [0.1, 0.15) is 0 Å². The summed E-state index contributed by atoms with van der Waals surface area (Å²) in [6.45, 7) is 4.85. The number of guanidine groups is 1. The average molecular weight is 394 g/mol. The van der Waals surface area contributed by atoms with Crippen LogP contribution in [-0.4, -0.2) is 49.5 Å². The van der Waals surface area contributed by atoms with E-state index in [9.17, 15) is 4.79 Å². The zero-order chi connectivity index (χ0) is 20.6. The number of carbonyl (C=O) groups is 1. The lowest BCUT2D eigenvalue weighted by molar-refractivity contribution is 0.0963. The van der Waals surface area contributed by atoms with E-state index in [1.807, 2.05) is 24.3 Å². The predicted molar refractivity (Wildman–Crippen MR) is 118 cm³/mol. The number of nitrogens with one attached hydrogen (secondary N) is 3. The van der Waals surface area contributed by atoms with Gasteiger partial charge in [0, 0.05) is 51.4 Å². The van der Waals surface area contributed by atoms with Crippen molar-refractivity contribution < 1.29 is 4.79 Å². The van der Waals surface area contributed by atoms with E-state index in [0.717, 1.165) is 31.0 Å². The van der Waals surface area contributed by atoms with Gasteiger partial charge in [0.15, 0.2) is 5.96 Å². The second-order valence-corrected chi connectivity index (χ2v) is 7.55. The molecule has 6 heteroatoms. The molecular formula is C23H31N5O. The van der Waals surface area contributed by atoms with Crippen LogP contribution < -0.4 is 16.0 Å². The average Bonchev–Trinajstić information content (AvgIpc) is 3.10. The van der Waals surface area contributed by atoms with Gasteiger partial charge in [0.05, 0.1) is 0 Å². The van der Waals surface area contributed by atoms with Crippen LogP contribution in [0, 0.1) is 0 Å². The van der Waals surface area contributed by atoms with E-state index in [1.54, 1.807) is 14.1 Å². The fraction of sp³-hybridized carbons (Fsp3) is 0.391. The molecule has 1 fully saturated rings. The Bertz CT molecular complexity index is 836. The summed E-state index contributed by atoms with van der Waals surface area (Å²) in [5, 5.41) is 9.57. The third-order valence-electron chi connectivity index (χ3n) is 5.37. The second kappa shape index (κ2) is 10.1. The zero-order valence-corrected chi connectivity index (χ0v) is 17.5. The van der Waals surface area contributed by atoms with Gasteiger partial charge < -0.3 is 16.0 Å². The predicted octanol–water partition coefficient (Wildman–Crippen LogP) is 2.37. The smallest absolute Gasteiger partial charge is 0.251 e. The van der Waals surface area contributed by atoms with Crippen molar-refractivity contribution in [1.82, 2.24) is 20.9 Å². The molecular weight excluding hydrogens is 362 g/mol. The fourth-order valence-corrected chi connectivity index (χ4v) is 3.78. The van der Waals surface area contributed by atoms with Crippen LogP contribution in [0.2, 0.25) is 0 Å². The summed E-state index contributed by atoms with van der Waals surface area (Å²) < 4.78 is 0. The van der Waals surface area contributed by atoms with Gasteiger partial charge in [-0.25, -0.2) is 0 Å². The third kappa shape index (κ3) is 5.81. The molecule has 2 unspecified atom stereocenters. The summed E-state index contributed by atoms with van der Waals surface area (Å²) >= 11 is 0. The topological polar surface area (TPSA) is 68.8 Å². The van der Waals surface area contributed by atoms with Crippen LogP contribution in [0.4, 0.5) is 0 Å². The first-order valence-corrected chi connectivity index (χ1v) is 10.1. The lowest BCUT2D eigenvalue weighted by atomic mass is 10.1. The molecule has 1 amide bonds. The Kier molecular flexibility index (Phi) is 7.25. The maximum absolute atomic E-state index is 11.8. The molecule has 0 radical (unpaired) electrons. The normalized spacial score (nSPS) is 19.8. The highest BCUT2D eigenvalue weighted by atomic mass is 16.1. The van der Waals surface area contributed by atoms with Crippen LogP contribution in [0.1, 0.15) is 34.8 Å². The van der Waals surface area contributed by atoms with E-state index in [1.165, 1.54) is 5.56 Å². The van der Waals surface area contributed by atoms with Gasteiger partial charge >= 0.3 is 0 Å². The molecule has 1 aliphatic rings. The van der Waals surface area contributed by atoms with E-state index < -0.39 is 0 Å². The number of benzene rings is 2. The molecule has 2 atom stereocenters. The van der Waals surface area contributed by atoms with Gasteiger partial charge in [0.2, 0.25) is 0 Å². The molecule has 0 bridgehead atoms. The summed E-state index contributed by atoms with van der Waals surface area (Å²) in [5.41, 5.74) is 3.05. The van der Waals surface area contributed by atoms with Gasteiger partial charge in [-0.2, -0.15) is 0 Å². The van der Waals surface area contributed by atoms with Crippen molar-refractivity contribution in [3.8, 4) is 0 Å². The second-order valence-electron chi connectivity index (χ2n) is 7.55. The molecule has 154 valence electrons. The molecule has 0 saturated carbocycles. The molecule has 0 aliphatic carbocycles. The molecule has 2 aromatic rings. The number of amides is 1. The van der Waals surface area contributed by atoms with Crippen molar-refractivity contribution >= 4 is 11.9 Å². The highest BCUT2D eigenvalue weighted by Gasteiger charge is 2.29.